The Morgan fingerprint density at radius 3 is 2.57 bits per heavy atom. The fraction of sp³-hybridized carbons (Fsp3) is 0.368. The number of hydrogen-bond donors (Lipinski definition) is 0. The zero-order valence-electron chi connectivity index (χ0n) is 13.5. The molecule has 0 heterocycles. The van der Waals surface area contributed by atoms with Crippen molar-refractivity contribution in [3.63, 3.8) is 0 Å². The third kappa shape index (κ3) is 5.14. The molecule has 0 saturated carbocycles. The van der Waals surface area contributed by atoms with Gasteiger partial charge in [-0.2, -0.15) is 0 Å². The number of Topliss-reactive ketones (excluding diaryl/α,β-unsaturated/α-hetero) is 1. The predicted octanol–water partition coefficient (Wildman–Crippen LogP) is 5.46. The highest BCUT2D eigenvalue weighted by Gasteiger charge is 2.08. The average Bonchev–Trinajstić information content (AvgIpc) is 2.51. The molecule has 0 spiro atoms. The van der Waals surface area contributed by atoms with E-state index in [1.54, 1.807) is 6.21 Å². The SMILES string of the molecule is C\C=C/C=N/C(=C(\C)CC)c1cccc(C(=O)CCC)c1. The summed E-state index contributed by atoms with van der Waals surface area (Å²) in [6, 6.07) is 7.80. The molecule has 0 aliphatic heterocycles. The number of nitrogens with zero attached hydrogens (tertiary/aromatic N) is 1. The number of ketones is 1. The van der Waals surface area contributed by atoms with Gasteiger partial charge in [-0.05, 0) is 44.4 Å². The van der Waals surface area contributed by atoms with Gasteiger partial charge in [-0.3, -0.25) is 9.79 Å². The van der Waals surface area contributed by atoms with Gasteiger partial charge in [0.2, 0.25) is 0 Å². The molecule has 0 saturated heterocycles. The fourth-order valence-electron chi connectivity index (χ4n) is 2.01. The maximum Gasteiger partial charge on any atom is 0.162 e. The van der Waals surface area contributed by atoms with Crippen LogP contribution in [0.3, 0.4) is 0 Å². The van der Waals surface area contributed by atoms with Gasteiger partial charge in [-0.15, -0.1) is 0 Å². The molecule has 1 rings (SSSR count). The molecule has 0 amide bonds. The maximum absolute atomic E-state index is 12.1. The highest BCUT2D eigenvalue weighted by Crippen LogP contribution is 2.23. The van der Waals surface area contributed by atoms with Crippen LogP contribution in [0.4, 0.5) is 0 Å². The molecule has 0 atom stereocenters. The number of aliphatic imine (C=N–C) groups is 1. The summed E-state index contributed by atoms with van der Waals surface area (Å²) in [5.41, 5.74) is 3.96. The van der Waals surface area contributed by atoms with Crippen LogP contribution in [0.1, 0.15) is 62.9 Å². The molecule has 0 unspecified atom stereocenters. The fourth-order valence-corrected chi connectivity index (χ4v) is 2.01. The summed E-state index contributed by atoms with van der Waals surface area (Å²) in [5.74, 6) is 0.199. The number of carbonyl (C=O) groups is 1. The Bertz CT molecular complexity index is 565. The molecule has 0 radical (unpaired) electrons. The van der Waals surface area contributed by atoms with Crippen LogP contribution in [-0.2, 0) is 0 Å². The van der Waals surface area contributed by atoms with Crippen LogP contribution < -0.4 is 0 Å². The van der Waals surface area contributed by atoms with E-state index in [9.17, 15) is 4.79 Å². The van der Waals surface area contributed by atoms with Crippen LogP contribution >= 0.6 is 0 Å². The van der Waals surface area contributed by atoms with Gasteiger partial charge in [-0.25, -0.2) is 0 Å². The summed E-state index contributed by atoms with van der Waals surface area (Å²) < 4.78 is 0. The van der Waals surface area contributed by atoms with Crippen molar-refractivity contribution in [1.82, 2.24) is 0 Å². The molecule has 2 heteroatoms. The van der Waals surface area contributed by atoms with Crippen molar-refractivity contribution >= 4 is 17.7 Å². The first kappa shape index (κ1) is 17.1. The standard InChI is InChI=1S/C19H25NO/c1-5-8-13-20-19(15(4)7-3)17-12-9-11-16(14-17)18(21)10-6-2/h5,8-9,11-14H,6-7,10H2,1-4H3/b8-5-,19-15+,20-13+. The summed E-state index contributed by atoms with van der Waals surface area (Å²) in [6.45, 7) is 8.19. The molecule has 0 fully saturated rings. The minimum Gasteiger partial charge on any atom is -0.294 e. The van der Waals surface area contributed by atoms with Gasteiger partial charge in [0.15, 0.2) is 5.78 Å². The van der Waals surface area contributed by atoms with Crippen molar-refractivity contribution in [2.45, 2.75) is 47.0 Å². The second-order valence-electron chi connectivity index (χ2n) is 5.04. The van der Waals surface area contributed by atoms with E-state index in [-0.39, 0.29) is 5.78 Å². The van der Waals surface area contributed by atoms with Crippen molar-refractivity contribution in [2.24, 2.45) is 4.99 Å². The van der Waals surface area contributed by atoms with E-state index in [1.165, 1.54) is 5.57 Å². The van der Waals surface area contributed by atoms with Crippen molar-refractivity contribution in [1.29, 1.82) is 0 Å². The summed E-state index contributed by atoms with van der Waals surface area (Å²) in [7, 11) is 0. The van der Waals surface area contributed by atoms with E-state index >= 15 is 0 Å². The molecule has 1 aromatic rings. The first-order chi connectivity index (χ1) is 10.1. The van der Waals surface area contributed by atoms with E-state index in [0.29, 0.717) is 6.42 Å². The second kappa shape index (κ2) is 9.06. The molecular weight excluding hydrogens is 258 g/mol. The van der Waals surface area contributed by atoms with Crippen LogP contribution in [-0.4, -0.2) is 12.0 Å². The molecule has 0 N–H and O–H groups in total. The van der Waals surface area contributed by atoms with Crippen LogP contribution in [0.2, 0.25) is 0 Å². The zero-order chi connectivity index (χ0) is 15.7. The van der Waals surface area contributed by atoms with Crippen LogP contribution in [0.25, 0.3) is 5.70 Å². The molecular formula is C19H25NO. The van der Waals surface area contributed by atoms with Crippen molar-refractivity contribution in [3.05, 3.63) is 53.1 Å². The van der Waals surface area contributed by atoms with Crippen LogP contribution in [0, 0.1) is 0 Å². The lowest BCUT2D eigenvalue weighted by molar-refractivity contribution is 0.0981. The maximum atomic E-state index is 12.1. The largest absolute Gasteiger partial charge is 0.294 e. The third-order valence-electron chi connectivity index (χ3n) is 3.35. The average molecular weight is 283 g/mol. The predicted molar refractivity (Wildman–Crippen MR) is 91.9 cm³/mol. The zero-order valence-corrected chi connectivity index (χ0v) is 13.5. The van der Waals surface area contributed by atoms with E-state index < -0.39 is 0 Å². The van der Waals surface area contributed by atoms with Gasteiger partial charge in [0, 0.05) is 23.8 Å². The minimum absolute atomic E-state index is 0.199. The van der Waals surface area contributed by atoms with Gasteiger partial charge >= 0.3 is 0 Å². The summed E-state index contributed by atoms with van der Waals surface area (Å²) >= 11 is 0. The van der Waals surface area contributed by atoms with Gasteiger partial charge < -0.3 is 0 Å². The lowest BCUT2D eigenvalue weighted by Crippen LogP contribution is -1.99. The minimum atomic E-state index is 0.199. The quantitative estimate of drug-likeness (QED) is 0.483. The summed E-state index contributed by atoms with van der Waals surface area (Å²) in [6.07, 6.45) is 8.07. The molecule has 0 bridgehead atoms. The molecule has 0 aliphatic rings. The van der Waals surface area contributed by atoms with E-state index in [0.717, 1.165) is 29.7 Å². The number of rotatable bonds is 7. The number of carbonyl (C=O) groups excluding carboxylic acids is 1. The van der Waals surface area contributed by atoms with Crippen molar-refractivity contribution in [2.75, 3.05) is 0 Å². The second-order valence-corrected chi connectivity index (χ2v) is 5.04. The van der Waals surface area contributed by atoms with Crippen molar-refractivity contribution in [3.8, 4) is 0 Å². The normalized spacial score (nSPS) is 13.0. The molecule has 2 nitrogen and oxygen atoms in total. The highest BCUT2D eigenvalue weighted by molar-refractivity contribution is 5.97. The van der Waals surface area contributed by atoms with Gasteiger partial charge in [0.05, 0.1) is 5.70 Å². The molecule has 21 heavy (non-hydrogen) atoms. The number of allylic oxidation sites excluding steroid dienone is 3. The Labute approximate surface area is 128 Å². The first-order valence-electron chi connectivity index (χ1n) is 7.62. The lowest BCUT2D eigenvalue weighted by atomic mass is 10.0. The van der Waals surface area contributed by atoms with Gasteiger partial charge in [0.1, 0.15) is 0 Å². The Kier molecular flexibility index (Phi) is 7.38. The third-order valence-corrected chi connectivity index (χ3v) is 3.35. The Hall–Kier alpha value is -1.96. The van der Waals surface area contributed by atoms with Crippen LogP contribution in [0.15, 0.2) is 47.0 Å². The molecule has 112 valence electrons. The van der Waals surface area contributed by atoms with Crippen molar-refractivity contribution < 1.29 is 4.79 Å². The topological polar surface area (TPSA) is 29.4 Å². The first-order valence-corrected chi connectivity index (χ1v) is 7.62. The summed E-state index contributed by atoms with van der Waals surface area (Å²) in [4.78, 5) is 16.6. The molecule has 0 aromatic heterocycles. The number of benzene rings is 1. The lowest BCUT2D eigenvalue weighted by Gasteiger charge is -2.08. The van der Waals surface area contributed by atoms with E-state index in [4.69, 9.17) is 0 Å². The smallest absolute Gasteiger partial charge is 0.162 e. The highest BCUT2D eigenvalue weighted by atomic mass is 16.1. The van der Waals surface area contributed by atoms with E-state index in [2.05, 4.69) is 18.8 Å². The molecule has 1 aromatic carbocycles. The molecule has 0 aliphatic carbocycles. The Morgan fingerprint density at radius 2 is 1.95 bits per heavy atom. The number of hydrogen-bond acceptors (Lipinski definition) is 2. The van der Waals surface area contributed by atoms with Gasteiger partial charge in [0.25, 0.3) is 0 Å². The Morgan fingerprint density at radius 1 is 1.24 bits per heavy atom. The van der Waals surface area contributed by atoms with Crippen LogP contribution in [0.5, 0.6) is 0 Å². The summed E-state index contributed by atoms with van der Waals surface area (Å²) in [5, 5.41) is 0. The monoisotopic (exact) mass is 283 g/mol. The Balaban J connectivity index is 3.20. The van der Waals surface area contributed by atoms with E-state index in [1.807, 2.05) is 50.3 Å². The van der Waals surface area contributed by atoms with Gasteiger partial charge in [-0.1, -0.05) is 38.1 Å².